The van der Waals surface area contributed by atoms with Crippen LogP contribution in [0.15, 0.2) is 72.9 Å². The molecule has 1 amide bonds. The van der Waals surface area contributed by atoms with Crippen molar-refractivity contribution in [3.8, 4) is 0 Å². The highest BCUT2D eigenvalue weighted by Crippen LogP contribution is 2.17. The number of nitrogens with one attached hydrogen (secondary N) is 1. The molecule has 0 aliphatic carbocycles. The van der Waals surface area contributed by atoms with Crippen LogP contribution in [0.2, 0.25) is 0 Å². The quantitative estimate of drug-likeness (QED) is 0.0421. The van der Waals surface area contributed by atoms with Gasteiger partial charge in [0.1, 0.15) is 0 Å². The van der Waals surface area contributed by atoms with E-state index in [1.807, 2.05) is 6.08 Å². The maximum absolute atomic E-state index is 12.5. The lowest BCUT2D eigenvalue weighted by Gasteiger charge is -2.20. The first-order valence-corrected chi connectivity index (χ1v) is 27.7. The number of allylic oxidation sites excluding steroid dienone is 11. The molecule has 0 aromatic rings. The summed E-state index contributed by atoms with van der Waals surface area (Å²) in [6.45, 7) is 4.21. The second-order valence-electron chi connectivity index (χ2n) is 18.6. The molecule has 2 atom stereocenters. The summed E-state index contributed by atoms with van der Waals surface area (Å²) in [6.07, 6.45) is 77.7. The van der Waals surface area contributed by atoms with E-state index in [-0.39, 0.29) is 12.5 Å². The second-order valence-corrected chi connectivity index (χ2v) is 18.6. The molecule has 3 N–H and O–H groups in total. The zero-order chi connectivity index (χ0) is 45.6. The maximum atomic E-state index is 12.5. The van der Waals surface area contributed by atoms with Crippen LogP contribution in [0.5, 0.6) is 0 Å². The minimum absolute atomic E-state index is 0.0703. The summed E-state index contributed by atoms with van der Waals surface area (Å²) in [4.78, 5) is 12.5. The van der Waals surface area contributed by atoms with Crippen LogP contribution in [0.25, 0.3) is 0 Å². The largest absolute Gasteiger partial charge is 0.394 e. The van der Waals surface area contributed by atoms with Crippen molar-refractivity contribution in [3.05, 3.63) is 72.9 Å². The third-order valence-corrected chi connectivity index (χ3v) is 12.4. The Balaban J connectivity index is 3.54. The van der Waals surface area contributed by atoms with Crippen LogP contribution in [0.4, 0.5) is 0 Å². The number of amides is 1. The molecule has 366 valence electrons. The monoisotopic (exact) mass is 878 g/mol. The number of rotatable bonds is 50. The molecule has 0 aromatic heterocycles. The third-order valence-electron chi connectivity index (χ3n) is 12.4. The number of hydrogen-bond acceptors (Lipinski definition) is 3. The molecule has 0 aliphatic heterocycles. The molecule has 0 aliphatic rings. The van der Waals surface area contributed by atoms with Gasteiger partial charge in [-0.15, -0.1) is 0 Å². The predicted octanol–water partition coefficient (Wildman–Crippen LogP) is 18.2. The summed E-state index contributed by atoms with van der Waals surface area (Å²) >= 11 is 0. The molecule has 0 fully saturated rings. The lowest BCUT2D eigenvalue weighted by Crippen LogP contribution is -2.45. The Morgan fingerprint density at radius 2 is 0.698 bits per heavy atom. The van der Waals surface area contributed by atoms with E-state index in [2.05, 4.69) is 79.9 Å². The number of aliphatic hydroxyl groups excluding tert-OH is 2. The highest BCUT2D eigenvalue weighted by atomic mass is 16.3. The van der Waals surface area contributed by atoms with E-state index < -0.39 is 12.1 Å². The summed E-state index contributed by atoms with van der Waals surface area (Å²) < 4.78 is 0. The lowest BCUT2D eigenvalue weighted by molar-refractivity contribution is -0.123. The van der Waals surface area contributed by atoms with Crippen molar-refractivity contribution in [1.29, 1.82) is 0 Å². The predicted molar refractivity (Wildman–Crippen MR) is 281 cm³/mol. The van der Waals surface area contributed by atoms with Gasteiger partial charge in [0.25, 0.3) is 0 Å². The smallest absolute Gasteiger partial charge is 0.220 e. The highest BCUT2D eigenvalue weighted by molar-refractivity contribution is 5.76. The standard InChI is InChI=1S/C59H107NO3/c1-3-5-7-9-11-13-15-17-19-21-23-25-27-29-31-32-34-36-38-40-42-44-46-48-50-52-54-58(62)57(56-61)60-59(63)55-53-51-49-47-45-43-41-39-37-35-33-30-28-26-24-22-20-18-16-14-12-10-8-6-4-2/h6,8,12,14,18,20,24,26,30,33,52,54,57-58,61-62H,3-5,7,9-11,13,15-17,19,21-23,25,27-29,31-32,34-51,53,55-56H2,1-2H3,(H,60,63)/b8-6-,14-12-,20-18-,26-24-,33-30-,54-52+. The van der Waals surface area contributed by atoms with E-state index in [0.717, 1.165) is 57.8 Å². The minimum Gasteiger partial charge on any atom is -0.394 e. The van der Waals surface area contributed by atoms with Crippen molar-refractivity contribution in [2.24, 2.45) is 0 Å². The van der Waals surface area contributed by atoms with Gasteiger partial charge in [-0.3, -0.25) is 4.79 Å². The van der Waals surface area contributed by atoms with Gasteiger partial charge in [0.05, 0.1) is 18.8 Å². The van der Waals surface area contributed by atoms with Crippen LogP contribution in [0.3, 0.4) is 0 Å². The number of carbonyl (C=O) groups is 1. The number of carbonyl (C=O) groups excluding carboxylic acids is 1. The molecule has 0 bridgehead atoms. The van der Waals surface area contributed by atoms with Gasteiger partial charge >= 0.3 is 0 Å². The van der Waals surface area contributed by atoms with Crippen LogP contribution in [-0.4, -0.2) is 34.9 Å². The highest BCUT2D eigenvalue weighted by Gasteiger charge is 2.18. The summed E-state index contributed by atoms with van der Waals surface area (Å²) in [5, 5.41) is 23.2. The zero-order valence-electron chi connectivity index (χ0n) is 42.1. The fourth-order valence-corrected chi connectivity index (χ4v) is 8.27. The van der Waals surface area contributed by atoms with Gasteiger partial charge in [0.2, 0.25) is 5.91 Å². The molecule has 0 heterocycles. The van der Waals surface area contributed by atoms with E-state index >= 15 is 0 Å². The van der Waals surface area contributed by atoms with Gasteiger partial charge in [-0.1, -0.05) is 279 Å². The Morgan fingerprint density at radius 1 is 0.397 bits per heavy atom. The molecule has 2 unspecified atom stereocenters. The molecule has 4 heteroatoms. The van der Waals surface area contributed by atoms with Crippen LogP contribution in [-0.2, 0) is 4.79 Å². The molecule has 0 radical (unpaired) electrons. The van der Waals surface area contributed by atoms with Gasteiger partial charge in [0, 0.05) is 6.42 Å². The van der Waals surface area contributed by atoms with Crippen molar-refractivity contribution in [3.63, 3.8) is 0 Å². The van der Waals surface area contributed by atoms with Crippen molar-refractivity contribution in [2.45, 2.75) is 289 Å². The topological polar surface area (TPSA) is 69.6 Å². The molecule has 0 saturated heterocycles. The first-order chi connectivity index (χ1) is 31.2. The zero-order valence-corrected chi connectivity index (χ0v) is 42.1. The summed E-state index contributed by atoms with van der Waals surface area (Å²) in [7, 11) is 0. The molecule has 4 nitrogen and oxygen atoms in total. The minimum atomic E-state index is -0.847. The maximum Gasteiger partial charge on any atom is 0.220 e. The van der Waals surface area contributed by atoms with E-state index in [9.17, 15) is 15.0 Å². The SMILES string of the molecule is CC/C=C\C/C=C\C/C=C\C/C=C\C/C=C\CCCCCCCCCCCC(=O)NC(CO)C(O)/C=C/CCCCCCCCCCCCCCCCCCCCCCCCCC. The van der Waals surface area contributed by atoms with Gasteiger partial charge < -0.3 is 15.5 Å². The van der Waals surface area contributed by atoms with E-state index in [1.54, 1.807) is 6.08 Å². The van der Waals surface area contributed by atoms with Gasteiger partial charge in [0.15, 0.2) is 0 Å². The van der Waals surface area contributed by atoms with E-state index in [1.165, 1.54) is 199 Å². The Labute approximate surface area is 393 Å². The number of aliphatic hydroxyl groups is 2. The average molecular weight is 879 g/mol. The Kier molecular flexibility index (Phi) is 52.3. The van der Waals surface area contributed by atoms with E-state index in [0.29, 0.717) is 6.42 Å². The summed E-state index contributed by atoms with van der Waals surface area (Å²) in [6, 6.07) is -0.631. The van der Waals surface area contributed by atoms with Crippen molar-refractivity contribution in [2.75, 3.05) is 6.61 Å². The van der Waals surface area contributed by atoms with Crippen LogP contribution < -0.4 is 5.32 Å². The van der Waals surface area contributed by atoms with Crippen molar-refractivity contribution < 1.29 is 15.0 Å². The molecule has 63 heavy (non-hydrogen) atoms. The molecule has 0 aromatic carbocycles. The number of hydrogen-bond donors (Lipinski definition) is 3. The number of unbranched alkanes of at least 4 members (excludes halogenated alkanes) is 33. The van der Waals surface area contributed by atoms with E-state index in [4.69, 9.17) is 0 Å². The Hall–Kier alpha value is -2.17. The molecule has 0 saturated carbocycles. The van der Waals surface area contributed by atoms with Crippen molar-refractivity contribution >= 4 is 5.91 Å². The fraction of sp³-hybridized carbons (Fsp3) is 0.780. The average Bonchev–Trinajstić information content (AvgIpc) is 3.29. The van der Waals surface area contributed by atoms with Gasteiger partial charge in [-0.25, -0.2) is 0 Å². The second kappa shape index (κ2) is 54.2. The summed E-state index contributed by atoms with van der Waals surface area (Å²) in [5.74, 6) is -0.0703. The molecular weight excluding hydrogens is 771 g/mol. The molecular formula is C59H107NO3. The fourth-order valence-electron chi connectivity index (χ4n) is 8.27. The Bertz CT molecular complexity index is 1090. The molecule has 0 rings (SSSR count). The van der Waals surface area contributed by atoms with Crippen LogP contribution in [0.1, 0.15) is 277 Å². The lowest BCUT2D eigenvalue weighted by atomic mass is 10.0. The first kappa shape index (κ1) is 60.8. The Morgan fingerprint density at radius 3 is 1.05 bits per heavy atom. The third kappa shape index (κ3) is 50.7. The first-order valence-electron chi connectivity index (χ1n) is 27.7. The summed E-state index contributed by atoms with van der Waals surface area (Å²) in [5.41, 5.74) is 0. The molecule has 0 spiro atoms. The van der Waals surface area contributed by atoms with Crippen LogP contribution in [0, 0.1) is 0 Å². The normalized spacial score (nSPS) is 13.4. The van der Waals surface area contributed by atoms with Gasteiger partial charge in [-0.2, -0.15) is 0 Å². The van der Waals surface area contributed by atoms with Crippen LogP contribution >= 0.6 is 0 Å². The van der Waals surface area contributed by atoms with Crippen molar-refractivity contribution in [1.82, 2.24) is 5.32 Å². The van der Waals surface area contributed by atoms with Gasteiger partial charge in [-0.05, 0) is 64.2 Å².